The lowest BCUT2D eigenvalue weighted by atomic mass is 10.2. The lowest BCUT2D eigenvalue weighted by Crippen LogP contribution is -2.37. The van der Waals surface area contributed by atoms with Crippen LogP contribution in [0.15, 0.2) is 18.2 Å². The second-order valence-electron chi connectivity index (χ2n) is 6.19. The Hall–Kier alpha value is -1.55. The van der Waals surface area contributed by atoms with Crippen LogP contribution < -0.4 is 11.1 Å². The molecule has 0 unspecified atom stereocenters. The van der Waals surface area contributed by atoms with Crippen molar-refractivity contribution in [3.8, 4) is 0 Å². The number of nitrogen functional groups attached to an aromatic ring is 1. The van der Waals surface area contributed by atoms with Gasteiger partial charge in [-0.2, -0.15) is 0 Å². The van der Waals surface area contributed by atoms with Gasteiger partial charge in [0.25, 0.3) is 0 Å². The number of nitrogens with one attached hydrogen (secondary N) is 1. The topological polar surface area (TPSA) is 58.4 Å². The molecule has 0 heterocycles. The van der Waals surface area contributed by atoms with Gasteiger partial charge in [0, 0.05) is 12.6 Å². The second kappa shape index (κ2) is 6.27. The Bertz CT molecular complexity index is 481. The molecule has 0 aliphatic heterocycles. The van der Waals surface area contributed by atoms with E-state index in [1.54, 1.807) is 0 Å². The van der Waals surface area contributed by atoms with Gasteiger partial charge >= 0.3 is 0 Å². The molecule has 2 rings (SSSR count). The van der Waals surface area contributed by atoms with Crippen LogP contribution in [-0.2, 0) is 4.79 Å². The van der Waals surface area contributed by atoms with Gasteiger partial charge in [0.15, 0.2) is 0 Å². The number of aryl methyl sites for hydroxylation is 1. The molecule has 1 aromatic carbocycles. The van der Waals surface area contributed by atoms with E-state index in [4.69, 9.17) is 5.73 Å². The first kappa shape index (κ1) is 14.9. The first-order valence-electron chi connectivity index (χ1n) is 7.35. The number of carbonyl (C=O) groups is 1. The van der Waals surface area contributed by atoms with Crippen LogP contribution in [0, 0.1) is 12.8 Å². The smallest absolute Gasteiger partial charge is 0.238 e. The maximum Gasteiger partial charge on any atom is 0.238 e. The van der Waals surface area contributed by atoms with Gasteiger partial charge in [-0.1, -0.05) is 19.9 Å². The van der Waals surface area contributed by atoms with Crippen LogP contribution in [0.3, 0.4) is 0 Å². The van der Waals surface area contributed by atoms with E-state index in [0.29, 0.717) is 29.9 Å². The molecule has 1 aliphatic rings. The molecule has 1 aliphatic carbocycles. The summed E-state index contributed by atoms with van der Waals surface area (Å²) in [6, 6.07) is 6.30. The summed E-state index contributed by atoms with van der Waals surface area (Å²) in [5.74, 6) is 0.598. The fourth-order valence-electron chi connectivity index (χ4n) is 2.42. The third-order valence-electron chi connectivity index (χ3n) is 3.49. The molecule has 1 saturated carbocycles. The highest BCUT2D eigenvalue weighted by Gasteiger charge is 2.30. The highest BCUT2D eigenvalue weighted by molar-refractivity contribution is 5.95. The summed E-state index contributed by atoms with van der Waals surface area (Å²) in [6.07, 6.45) is 2.43. The van der Waals surface area contributed by atoms with E-state index in [9.17, 15) is 4.79 Å². The zero-order valence-electron chi connectivity index (χ0n) is 12.6. The number of nitrogens with zero attached hydrogens (tertiary/aromatic N) is 1. The van der Waals surface area contributed by atoms with Crippen molar-refractivity contribution in [2.24, 2.45) is 5.92 Å². The van der Waals surface area contributed by atoms with Crippen molar-refractivity contribution in [1.29, 1.82) is 0 Å². The van der Waals surface area contributed by atoms with Crippen molar-refractivity contribution in [2.75, 3.05) is 24.1 Å². The fourth-order valence-corrected chi connectivity index (χ4v) is 2.42. The lowest BCUT2D eigenvalue weighted by molar-refractivity contribution is -0.117. The lowest BCUT2D eigenvalue weighted by Gasteiger charge is -2.23. The molecule has 1 fully saturated rings. The van der Waals surface area contributed by atoms with E-state index in [1.807, 2.05) is 25.1 Å². The van der Waals surface area contributed by atoms with Crippen LogP contribution in [-0.4, -0.2) is 29.9 Å². The molecule has 0 radical (unpaired) electrons. The monoisotopic (exact) mass is 275 g/mol. The molecule has 4 heteroatoms. The average Bonchev–Trinajstić information content (AvgIpc) is 3.15. The number of rotatable bonds is 6. The van der Waals surface area contributed by atoms with E-state index in [2.05, 4.69) is 24.1 Å². The van der Waals surface area contributed by atoms with Gasteiger partial charge in [-0.15, -0.1) is 0 Å². The summed E-state index contributed by atoms with van der Waals surface area (Å²) < 4.78 is 0. The molecule has 0 spiro atoms. The summed E-state index contributed by atoms with van der Waals surface area (Å²) in [4.78, 5) is 14.4. The van der Waals surface area contributed by atoms with Gasteiger partial charge in [-0.3, -0.25) is 9.69 Å². The van der Waals surface area contributed by atoms with Crippen LogP contribution in [0.25, 0.3) is 0 Å². The quantitative estimate of drug-likeness (QED) is 0.785. The minimum Gasteiger partial charge on any atom is -0.397 e. The SMILES string of the molecule is Cc1ccc(NC(=O)CN(CC(C)C)C2CC2)c(N)c1. The van der Waals surface area contributed by atoms with Gasteiger partial charge in [-0.05, 0) is 43.4 Å². The van der Waals surface area contributed by atoms with Gasteiger partial charge < -0.3 is 11.1 Å². The molecule has 3 N–H and O–H groups in total. The first-order valence-corrected chi connectivity index (χ1v) is 7.35. The number of amides is 1. The third-order valence-corrected chi connectivity index (χ3v) is 3.49. The predicted octanol–water partition coefficient (Wildman–Crippen LogP) is 2.64. The Morgan fingerprint density at radius 2 is 2.15 bits per heavy atom. The third kappa shape index (κ3) is 4.23. The minimum absolute atomic E-state index is 0.0214. The minimum atomic E-state index is 0.0214. The molecule has 4 nitrogen and oxygen atoms in total. The number of benzene rings is 1. The van der Waals surface area contributed by atoms with Crippen LogP contribution in [0.1, 0.15) is 32.3 Å². The Morgan fingerprint density at radius 1 is 1.45 bits per heavy atom. The van der Waals surface area contributed by atoms with Crippen molar-refractivity contribution < 1.29 is 4.79 Å². The number of hydrogen-bond acceptors (Lipinski definition) is 3. The summed E-state index contributed by atoms with van der Waals surface area (Å²) in [5.41, 5.74) is 8.36. The maximum absolute atomic E-state index is 12.2. The van der Waals surface area contributed by atoms with E-state index >= 15 is 0 Å². The number of carbonyl (C=O) groups excluding carboxylic acids is 1. The molecule has 0 atom stereocenters. The Labute approximate surface area is 121 Å². The predicted molar refractivity (Wildman–Crippen MR) is 83.7 cm³/mol. The van der Waals surface area contributed by atoms with Crippen molar-refractivity contribution in [1.82, 2.24) is 4.90 Å². The summed E-state index contributed by atoms with van der Waals surface area (Å²) in [7, 11) is 0. The molecule has 1 aromatic rings. The van der Waals surface area contributed by atoms with E-state index in [-0.39, 0.29) is 5.91 Å². The molecule has 1 amide bonds. The summed E-state index contributed by atoms with van der Waals surface area (Å²) >= 11 is 0. The van der Waals surface area contributed by atoms with Crippen LogP contribution in [0.4, 0.5) is 11.4 Å². The summed E-state index contributed by atoms with van der Waals surface area (Å²) in [6.45, 7) is 7.79. The Kier molecular flexibility index (Phi) is 4.65. The number of hydrogen-bond donors (Lipinski definition) is 2. The average molecular weight is 275 g/mol. The summed E-state index contributed by atoms with van der Waals surface area (Å²) in [5, 5.41) is 2.92. The Morgan fingerprint density at radius 3 is 2.70 bits per heavy atom. The molecule has 0 aromatic heterocycles. The van der Waals surface area contributed by atoms with Gasteiger partial charge in [-0.25, -0.2) is 0 Å². The van der Waals surface area contributed by atoms with E-state index in [1.165, 1.54) is 12.8 Å². The normalized spacial score (nSPS) is 14.8. The fraction of sp³-hybridized carbons (Fsp3) is 0.562. The number of nitrogens with two attached hydrogens (primary N) is 1. The van der Waals surface area contributed by atoms with E-state index in [0.717, 1.165) is 12.1 Å². The van der Waals surface area contributed by atoms with Gasteiger partial charge in [0.1, 0.15) is 0 Å². The zero-order valence-corrected chi connectivity index (χ0v) is 12.6. The highest BCUT2D eigenvalue weighted by atomic mass is 16.2. The molecular weight excluding hydrogens is 250 g/mol. The standard InChI is InChI=1S/C16H25N3O/c1-11(2)9-19(13-5-6-13)10-16(20)18-15-7-4-12(3)8-14(15)17/h4,7-8,11,13H,5-6,9-10,17H2,1-3H3,(H,18,20). The van der Waals surface area contributed by atoms with Gasteiger partial charge in [0.05, 0.1) is 17.9 Å². The van der Waals surface area contributed by atoms with Crippen molar-refractivity contribution in [2.45, 2.75) is 39.7 Å². The van der Waals surface area contributed by atoms with Gasteiger partial charge in [0.2, 0.25) is 5.91 Å². The zero-order chi connectivity index (χ0) is 14.7. The maximum atomic E-state index is 12.2. The molecule has 110 valence electrons. The van der Waals surface area contributed by atoms with Crippen molar-refractivity contribution in [3.05, 3.63) is 23.8 Å². The number of anilines is 2. The largest absolute Gasteiger partial charge is 0.397 e. The first-order chi connectivity index (χ1) is 9.45. The van der Waals surface area contributed by atoms with Crippen molar-refractivity contribution >= 4 is 17.3 Å². The van der Waals surface area contributed by atoms with E-state index < -0.39 is 0 Å². The molecular formula is C16H25N3O. The van der Waals surface area contributed by atoms with Crippen molar-refractivity contribution in [3.63, 3.8) is 0 Å². The second-order valence-corrected chi connectivity index (χ2v) is 6.19. The van der Waals surface area contributed by atoms with Crippen LogP contribution >= 0.6 is 0 Å². The molecule has 20 heavy (non-hydrogen) atoms. The molecule has 0 saturated heterocycles. The Balaban J connectivity index is 1.93. The molecule has 0 bridgehead atoms. The van der Waals surface area contributed by atoms with Crippen LogP contribution in [0.2, 0.25) is 0 Å². The highest BCUT2D eigenvalue weighted by Crippen LogP contribution is 2.27. The van der Waals surface area contributed by atoms with Crippen LogP contribution in [0.5, 0.6) is 0 Å².